The van der Waals surface area contributed by atoms with Gasteiger partial charge in [-0.05, 0) is 25.8 Å². The third-order valence-electron chi connectivity index (χ3n) is 3.35. The van der Waals surface area contributed by atoms with E-state index in [0.717, 1.165) is 5.92 Å². The molecule has 0 saturated heterocycles. The lowest BCUT2D eigenvalue weighted by Gasteiger charge is -2.33. The van der Waals surface area contributed by atoms with E-state index < -0.39 is 0 Å². The quantitative estimate of drug-likeness (QED) is 0.690. The summed E-state index contributed by atoms with van der Waals surface area (Å²) in [6.07, 6.45) is 5.92. The van der Waals surface area contributed by atoms with Crippen molar-refractivity contribution in [3.63, 3.8) is 0 Å². The Morgan fingerprint density at radius 2 is 2.14 bits per heavy atom. The van der Waals surface area contributed by atoms with Gasteiger partial charge in [0.1, 0.15) is 5.78 Å². The number of hydrogen-bond acceptors (Lipinski definition) is 2. The average molecular weight is 197 g/mol. The summed E-state index contributed by atoms with van der Waals surface area (Å²) in [7, 11) is 2.09. The monoisotopic (exact) mass is 197 g/mol. The highest BCUT2D eigenvalue weighted by molar-refractivity contribution is 5.80. The first kappa shape index (κ1) is 11.7. The topological polar surface area (TPSA) is 20.3 Å². The summed E-state index contributed by atoms with van der Waals surface area (Å²) in [5.41, 5.74) is 0. The maximum absolute atomic E-state index is 11.3. The highest BCUT2D eigenvalue weighted by Crippen LogP contribution is 2.26. The van der Waals surface area contributed by atoms with Crippen LogP contribution in [-0.4, -0.2) is 30.3 Å². The van der Waals surface area contributed by atoms with Crippen LogP contribution in [0.3, 0.4) is 0 Å². The van der Waals surface area contributed by atoms with E-state index in [1.54, 1.807) is 0 Å². The molecule has 0 spiro atoms. The number of hydrogen-bond donors (Lipinski definition) is 0. The lowest BCUT2D eigenvalue weighted by molar-refractivity contribution is -0.120. The SMILES string of the molecule is CCC(=O)CN(C)C1CCCC(C)C1. The summed E-state index contributed by atoms with van der Waals surface area (Å²) in [6, 6.07) is 0.647. The summed E-state index contributed by atoms with van der Waals surface area (Å²) in [5.74, 6) is 1.21. The number of ketones is 1. The molecule has 0 amide bonds. The number of Topliss-reactive ketones (excluding diaryl/α,β-unsaturated/α-hetero) is 1. The van der Waals surface area contributed by atoms with Crippen molar-refractivity contribution in [1.82, 2.24) is 4.90 Å². The van der Waals surface area contributed by atoms with E-state index in [9.17, 15) is 4.79 Å². The standard InChI is InChI=1S/C12H23NO/c1-4-12(14)9-13(3)11-7-5-6-10(2)8-11/h10-11H,4-9H2,1-3H3. The molecule has 0 bridgehead atoms. The molecule has 2 atom stereocenters. The van der Waals surface area contributed by atoms with E-state index in [-0.39, 0.29) is 0 Å². The number of likely N-dealkylation sites (N-methyl/N-ethyl adjacent to an activating group) is 1. The Morgan fingerprint density at radius 3 is 2.71 bits per heavy atom. The highest BCUT2D eigenvalue weighted by Gasteiger charge is 2.22. The molecule has 1 saturated carbocycles. The number of rotatable bonds is 4. The van der Waals surface area contributed by atoms with Gasteiger partial charge in [-0.2, -0.15) is 0 Å². The fraction of sp³-hybridized carbons (Fsp3) is 0.917. The van der Waals surface area contributed by atoms with Gasteiger partial charge < -0.3 is 0 Å². The number of carbonyl (C=O) groups excluding carboxylic acids is 1. The minimum Gasteiger partial charge on any atom is -0.298 e. The molecule has 2 unspecified atom stereocenters. The largest absolute Gasteiger partial charge is 0.298 e. The van der Waals surface area contributed by atoms with Gasteiger partial charge in [-0.1, -0.05) is 26.7 Å². The van der Waals surface area contributed by atoms with Gasteiger partial charge >= 0.3 is 0 Å². The van der Waals surface area contributed by atoms with E-state index in [4.69, 9.17) is 0 Å². The zero-order chi connectivity index (χ0) is 10.6. The minimum absolute atomic E-state index is 0.366. The lowest BCUT2D eigenvalue weighted by atomic mass is 9.86. The third kappa shape index (κ3) is 3.41. The van der Waals surface area contributed by atoms with Crippen LogP contribution in [0.25, 0.3) is 0 Å². The molecule has 0 heterocycles. The molecule has 82 valence electrons. The fourth-order valence-electron chi connectivity index (χ4n) is 2.32. The highest BCUT2D eigenvalue weighted by atomic mass is 16.1. The van der Waals surface area contributed by atoms with E-state index in [1.807, 2.05) is 6.92 Å². The van der Waals surface area contributed by atoms with E-state index in [1.165, 1.54) is 25.7 Å². The zero-order valence-electron chi connectivity index (χ0n) is 9.75. The Labute approximate surface area is 87.7 Å². The molecule has 2 heteroatoms. The van der Waals surface area contributed by atoms with Crippen LogP contribution in [0.4, 0.5) is 0 Å². The first-order valence-corrected chi connectivity index (χ1v) is 5.85. The van der Waals surface area contributed by atoms with Gasteiger partial charge in [0.2, 0.25) is 0 Å². The molecule has 1 aliphatic carbocycles. The number of nitrogens with zero attached hydrogens (tertiary/aromatic N) is 1. The molecule has 0 aliphatic heterocycles. The Kier molecular flexibility index (Phi) is 4.59. The predicted molar refractivity (Wildman–Crippen MR) is 59.3 cm³/mol. The van der Waals surface area contributed by atoms with Crippen molar-refractivity contribution in [1.29, 1.82) is 0 Å². The van der Waals surface area contributed by atoms with E-state index >= 15 is 0 Å². The number of carbonyl (C=O) groups is 1. The van der Waals surface area contributed by atoms with Crippen LogP contribution < -0.4 is 0 Å². The summed E-state index contributed by atoms with van der Waals surface area (Å²) in [4.78, 5) is 13.6. The Hall–Kier alpha value is -0.370. The molecular formula is C12H23NO. The van der Waals surface area contributed by atoms with Crippen LogP contribution in [0.1, 0.15) is 46.0 Å². The molecule has 2 nitrogen and oxygen atoms in total. The van der Waals surface area contributed by atoms with Crippen molar-refractivity contribution in [3.05, 3.63) is 0 Å². The van der Waals surface area contributed by atoms with Gasteiger partial charge in [-0.3, -0.25) is 9.69 Å². The molecule has 0 aromatic carbocycles. The molecule has 0 aromatic rings. The van der Waals surface area contributed by atoms with Crippen LogP contribution in [0, 0.1) is 5.92 Å². The molecule has 0 radical (unpaired) electrons. The first-order chi connectivity index (χ1) is 6.63. The normalized spacial score (nSPS) is 28.0. The lowest BCUT2D eigenvalue weighted by Crippen LogP contribution is -2.38. The van der Waals surface area contributed by atoms with Crippen molar-refractivity contribution in [2.45, 2.75) is 52.0 Å². The second-order valence-corrected chi connectivity index (χ2v) is 4.73. The van der Waals surface area contributed by atoms with E-state index in [2.05, 4.69) is 18.9 Å². The summed E-state index contributed by atoms with van der Waals surface area (Å²) >= 11 is 0. The molecule has 1 aliphatic rings. The van der Waals surface area contributed by atoms with Gasteiger partial charge in [0.25, 0.3) is 0 Å². The molecule has 1 rings (SSSR count). The second kappa shape index (κ2) is 5.50. The molecular weight excluding hydrogens is 174 g/mol. The second-order valence-electron chi connectivity index (χ2n) is 4.73. The van der Waals surface area contributed by atoms with Gasteiger partial charge in [0.15, 0.2) is 0 Å². The summed E-state index contributed by atoms with van der Waals surface area (Å²) in [6.45, 7) is 4.91. The Balaban J connectivity index is 2.35. The van der Waals surface area contributed by atoms with Gasteiger partial charge in [-0.25, -0.2) is 0 Å². The Bertz CT molecular complexity index is 191. The fourth-order valence-corrected chi connectivity index (χ4v) is 2.32. The van der Waals surface area contributed by atoms with Crippen LogP contribution in [0.5, 0.6) is 0 Å². The maximum atomic E-state index is 11.3. The van der Waals surface area contributed by atoms with E-state index in [0.29, 0.717) is 24.8 Å². The minimum atomic E-state index is 0.366. The van der Waals surface area contributed by atoms with Crippen LogP contribution >= 0.6 is 0 Å². The molecule has 0 aromatic heterocycles. The average Bonchev–Trinajstić information content (AvgIpc) is 2.17. The van der Waals surface area contributed by atoms with Crippen LogP contribution in [0.2, 0.25) is 0 Å². The van der Waals surface area contributed by atoms with Crippen molar-refractivity contribution in [2.75, 3.05) is 13.6 Å². The maximum Gasteiger partial charge on any atom is 0.146 e. The molecule has 14 heavy (non-hydrogen) atoms. The van der Waals surface area contributed by atoms with Crippen molar-refractivity contribution in [3.8, 4) is 0 Å². The van der Waals surface area contributed by atoms with Crippen molar-refractivity contribution >= 4 is 5.78 Å². The first-order valence-electron chi connectivity index (χ1n) is 5.85. The third-order valence-corrected chi connectivity index (χ3v) is 3.35. The van der Waals surface area contributed by atoms with Crippen molar-refractivity contribution < 1.29 is 4.79 Å². The smallest absolute Gasteiger partial charge is 0.146 e. The van der Waals surface area contributed by atoms with Gasteiger partial charge in [-0.15, -0.1) is 0 Å². The van der Waals surface area contributed by atoms with Gasteiger partial charge in [0, 0.05) is 12.5 Å². The predicted octanol–water partition coefficient (Wildman–Crippen LogP) is 2.48. The van der Waals surface area contributed by atoms with Crippen molar-refractivity contribution in [2.24, 2.45) is 5.92 Å². The zero-order valence-corrected chi connectivity index (χ0v) is 9.75. The summed E-state index contributed by atoms with van der Waals surface area (Å²) in [5, 5.41) is 0. The summed E-state index contributed by atoms with van der Waals surface area (Å²) < 4.78 is 0. The molecule has 1 fully saturated rings. The Morgan fingerprint density at radius 1 is 1.43 bits per heavy atom. The van der Waals surface area contributed by atoms with Crippen LogP contribution in [0.15, 0.2) is 0 Å². The molecule has 0 N–H and O–H groups in total. The van der Waals surface area contributed by atoms with Crippen LogP contribution in [-0.2, 0) is 4.79 Å². The van der Waals surface area contributed by atoms with Gasteiger partial charge in [0.05, 0.1) is 6.54 Å².